The summed E-state index contributed by atoms with van der Waals surface area (Å²) >= 11 is 1.29. The predicted molar refractivity (Wildman–Crippen MR) is 119 cm³/mol. The van der Waals surface area contributed by atoms with Gasteiger partial charge in [0.05, 0.1) is 31.0 Å². The Morgan fingerprint density at radius 1 is 1.23 bits per heavy atom. The average Bonchev–Trinajstić information content (AvgIpc) is 3.27. The first-order valence-electron chi connectivity index (χ1n) is 9.80. The first-order valence-corrected chi connectivity index (χ1v) is 12.2. The first kappa shape index (κ1) is 23.4. The van der Waals surface area contributed by atoms with Crippen LogP contribution < -0.4 is 9.47 Å². The van der Waals surface area contributed by atoms with E-state index in [1.165, 1.54) is 38.1 Å². The molecule has 1 aliphatic rings. The second kappa shape index (κ2) is 9.88. The van der Waals surface area contributed by atoms with E-state index in [0.29, 0.717) is 11.6 Å². The highest BCUT2D eigenvalue weighted by Gasteiger charge is 2.32. The molecule has 1 fully saturated rings. The molecular weight excluding hydrogens is 438 g/mol. The van der Waals surface area contributed by atoms with Gasteiger partial charge in [-0.2, -0.15) is 0 Å². The van der Waals surface area contributed by atoms with Crippen LogP contribution >= 0.6 is 11.8 Å². The first-order chi connectivity index (χ1) is 14.8. The van der Waals surface area contributed by atoms with Crippen LogP contribution in [0.15, 0.2) is 46.5 Å². The standard InChI is InChI=1S/C21H27N3O5S2/c1-23(2)31(26,27)16-8-10-20(22-13-16)30-14-21(25)24-11-5-6-18(24)17-12-15(28-3)7-9-19(17)29-4/h7-10,12-13,18H,5-6,11,14H2,1-4H3. The van der Waals surface area contributed by atoms with Crippen molar-refractivity contribution in [2.24, 2.45) is 0 Å². The largest absolute Gasteiger partial charge is 0.497 e. The summed E-state index contributed by atoms with van der Waals surface area (Å²) in [6, 6.07) is 8.69. The van der Waals surface area contributed by atoms with Crippen molar-refractivity contribution in [2.45, 2.75) is 28.8 Å². The number of hydrogen-bond donors (Lipinski definition) is 0. The van der Waals surface area contributed by atoms with Crippen molar-refractivity contribution >= 4 is 27.7 Å². The van der Waals surface area contributed by atoms with Crippen molar-refractivity contribution in [3.05, 3.63) is 42.1 Å². The highest BCUT2D eigenvalue weighted by Crippen LogP contribution is 2.39. The molecular formula is C21H27N3O5S2. The Bertz CT molecular complexity index is 1030. The lowest BCUT2D eigenvalue weighted by Gasteiger charge is -2.26. The summed E-state index contributed by atoms with van der Waals surface area (Å²) < 4.78 is 36.3. The average molecular weight is 466 g/mol. The summed E-state index contributed by atoms with van der Waals surface area (Å²) in [5.41, 5.74) is 0.939. The molecule has 0 radical (unpaired) electrons. The highest BCUT2D eigenvalue weighted by molar-refractivity contribution is 7.99. The lowest BCUT2D eigenvalue weighted by Crippen LogP contribution is -2.32. The van der Waals surface area contributed by atoms with Crippen molar-refractivity contribution in [3.63, 3.8) is 0 Å². The van der Waals surface area contributed by atoms with Gasteiger partial charge in [-0.05, 0) is 43.2 Å². The number of carbonyl (C=O) groups excluding carboxylic acids is 1. The minimum atomic E-state index is -3.52. The number of benzene rings is 1. The molecule has 0 spiro atoms. The molecule has 1 unspecified atom stereocenters. The van der Waals surface area contributed by atoms with E-state index in [1.54, 1.807) is 20.3 Å². The summed E-state index contributed by atoms with van der Waals surface area (Å²) in [6.45, 7) is 0.678. The Hall–Kier alpha value is -2.30. The second-order valence-electron chi connectivity index (χ2n) is 7.26. The van der Waals surface area contributed by atoms with Gasteiger partial charge in [0.15, 0.2) is 0 Å². The summed E-state index contributed by atoms with van der Waals surface area (Å²) in [5.74, 6) is 1.68. The smallest absolute Gasteiger partial charge is 0.244 e. The molecule has 8 nitrogen and oxygen atoms in total. The number of ether oxygens (including phenoxy) is 2. The normalized spacial score (nSPS) is 16.5. The van der Waals surface area contributed by atoms with E-state index in [2.05, 4.69) is 4.98 Å². The molecule has 10 heteroatoms. The van der Waals surface area contributed by atoms with Crippen molar-refractivity contribution in [3.8, 4) is 11.5 Å². The van der Waals surface area contributed by atoms with Crippen LogP contribution in [0, 0.1) is 0 Å². The predicted octanol–water partition coefficient (Wildman–Crippen LogP) is 2.80. The van der Waals surface area contributed by atoms with Crippen LogP contribution in [0.1, 0.15) is 24.4 Å². The molecule has 0 bridgehead atoms. The monoisotopic (exact) mass is 465 g/mol. The van der Waals surface area contributed by atoms with Crippen LogP contribution in [0.2, 0.25) is 0 Å². The number of aromatic nitrogens is 1. The Morgan fingerprint density at radius 3 is 2.61 bits per heavy atom. The summed E-state index contributed by atoms with van der Waals surface area (Å²) in [7, 11) is 2.65. The summed E-state index contributed by atoms with van der Waals surface area (Å²) in [6.07, 6.45) is 3.09. The van der Waals surface area contributed by atoms with Gasteiger partial charge in [-0.15, -0.1) is 0 Å². The van der Waals surface area contributed by atoms with Crippen molar-refractivity contribution in [1.82, 2.24) is 14.2 Å². The van der Waals surface area contributed by atoms with Gasteiger partial charge in [-0.25, -0.2) is 17.7 Å². The van der Waals surface area contributed by atoms with E-state index in [-0.39, 0.29) is 22.6 Å². The minimum Gasteiger partial charge on any atom is -0.497 e. The van der Waals surface area contributed by atoms with E-state index in [9.17, 15) is 13.2 Å². The fourth-order valence-corrected chi connectivity index (χ4v) is 5.10. The molecule has 2 heterocycles. The molecule has 1 amide bonds. The van der Waals surface area contributed by atoms with Crippen LogP contribution in [0.4, 0.5) is 0 Å². The van der Waals surface area contributed by atoms with Gasteiger partial charge in [-0.3, -0.25) is 4.79 Å². The van der Waals surface area contributed by atoms with Crippen LogP contribution in [0.25, 0.3) is 0 Å². The van der Waals surface area contributed by atoms with E-state index in [0.717, 1.165) is 34.2 Å². The fraction of sp³-hybridized carbons (Fsp3) is 0.429. The number of thioether (sulfide) groups is 1. The van der Waals surface area contributed by atoms with Gasteiger partial charge in [-0.1, -0.05) is 11.8 Å². The third kappa shape index (κ3) is 5.13. The number of likely N-dealkylation sites (tertiary alicyclic amines) is 1. The molecule has 2 aromatic rings. The van der Waals surface area contributed by atoms with Gasteiger partial charge in [0.2, 0.25) is 15.9 Å². The Morgan fingerprint density at radius 2 is 2.00 bits per heavy atom. The number of pyridine rings is 1. The number of carbonyl (C=O) groups is 1. The van der Waals surface area contributed by atoms with Gasteiger partial charge in [0.25, 0.3) is 0 Å². The van der Waals surface area contributed by atoms with E-state index < -0.39 is 10.0 Å². The van der Waals surface area contributed by atoms with Gasteiger partial charge >= 0.3 is 0 Å². The van der Waals surface area contributed by atoms with E-state index in [4.69, 9.17) is 9.47 Å². The minimum absolute atomic E-state index is 0.00385. The van der Waals surface area contributed by atoms with Gasteiger partial charge < -0.3 is 14.4 Å². The Kier molecular flexibility index (Phi) is 7.45. The maximum atomic E-state index is 13.0. The number of rotatable bonds is 8. The zero-order chi connectivity index (χ0) is 22.6. The van der Waals surface area contributed by atoms with E-state index in [1.807, 2.05) is 23.1 Å². The maximum absolute atomic E-state index is 13.0. The second-order valence-corrected chi connectivity index (χ2v) is 10.4. The number of sulfonamides is 1. The zero-order valence-corrected chi connectivity index (χ0v) is 19.7. The van der Waals surface area contributed by atoms with Crippen LogP contribution in [-0.4, -0.2) is 69.1 Å². The fourth-order valence-electron chi connectivity index (χ4n) is 3.52. The zero-order valence-electron chi connectivity index (χ0n) is 18.1. The van der Waals surface area contributed by atoms with Crippen molar-refractivity contribution in [1.29, 1.82) is 0 Å². The molecule has 3 rings (SSSR count). The molecule has 0 aliphatic carbocycles. The topological polar surface area (TPSA) is 89.0 Å². The lowest BCUT2D eigenvalue weighted by molar-refractivity contribution is -0.129. The van der Waals surface area contributed by atoms with Crippen LogP contribution in [0.5, 0.6) is 11.5 Å². The summed E-state index contributed by atoms with van der Waals surface area (Å²) in [4.78, 5) is 19.2. The van der Waals surface area contributed by atoms with Gasteiger partial charge in [0, 0.05) is 32.4 Å². The molecule has 1 saturated heterocycles. The maximum Gasteiger partial charge on any atom is 0.244 e. The molecule has 168 valence electrons. The number of nitrogens with zero attached hydrogens (tertiary/aromatic N) is 3. The molecule has 0 N–H and O–H groups in total. The molecule has 1 atom stereocenters. The molecule has 0 saturated carbocycles. The number of methoxy groups -OCH3 is 2. The van der Waals surface area contributed by atoms with Crippen LogP contribution in [-0.2, 0) is 14.8 Å². The third-order valence-electron chi connectivity index (χ3n) is 5.20. The van der Waals surface area contributed by atoms with Crippen molar-refractivity contribution in [2.75, 3.05) is 40.6 Å². The highest BCUT2D eigenvalue weighted by atomic mass is 32.2. The van der Waals surface area contributed by atoms with Gasteiger partial charge in [0.1, 0.15) is 16.4 Å². The number of amides is 1. The number of hydrogen-bond acceptors (Lipinski definition) is 7. The van der Waals surface area contributed by atoms with E-state index >= 15 is 0 Å². The van der Waals surface area contributed by atoms with Crippen LogP contribution in [0.3, 0.4) is 0 Å². The lowest BCUT2D eigenvalue weighted by atomic mass is 10.0. The quantitative estimate of drug-likeness (QED) is 0.554. The third-order valence-corrected chi connectivity index (χ3v) is 7.93. The SMILES string of the molecule is COc1ccc(OC)c(C2CCCN2C(=O)CSc2ccc(S(=O)(=O)N(C)C)cn2)c1. The summed E-state index contributed by atoms with van der Waals surface area (Å²) in [5, 5.41) is 0.598. The molecule has 1 aromatic heterocycles. The van der Waals surface area contributed by atoms with Crippen molar-refractivity contribution < 1.29 is 22.7 Å². The Balaban J connectivity index is 1.69. The Labute approximate surface area is 187 Å². The molecule has 1 aliphatic heterocycles. The molecule has 31 heavy (non-hydrogen) atoms. The molecule has 1 aromatic carbocycles.